The maximum absolute atomic E-state index is 13.7. The number of unbranched alkanes of at least 4 members (excludes halogenated alkanes) is 1. The molecule has 0 N–H and O–H groups in total. The highest BCUT2D eigenvalue weighted by Crippen LogP contribution is 2.29. The lowest BCUT2D eigenvalue weighted by molar-refractivity contribution is 0.278. The third kappa shape index (κ3) is 3.46. The minimum atomic E-state index is -0.978. The van der Waals surface area contributed by atoms with Gasteiger partial charge in [-0.3, -0.25) is 0 Å². The molecule has 0 bridgehead atoms. The topological polar surface area (TPSA) is 18.5 Å². The van der Waals surface area contributed by atoms with Gasteiger partial charge in [0.15, 0.2) is 11.5 Å². The highest BCUT2D eigenvalue weighted by Gasteiger charge is 2.16. The SMILES string of the molecule is CCCCOc1ccc(OCC2=CCC2)c(F)c1F. The summed E-state index contributed by atoms with van der Waals surface area (Å²) in [7, 11) is 0. The maximum atomic E-state index is 13.7. The van der Waals surface area contributed by atoms with Crippen molar-refractivity contribution in [1.29, 1.82) is 0 Å². The van der Waals surface area contributed by atoms with E-state index in [1.807, 2.05) is 13.0 Å². The van der Waals surface area contributed by atoms with Crippen LogP contribution in [0.3, 0.4) is 0 Å². The average Bonchev–Trinajstić information content (AvgIpc) is 2.35. The summed E-state index contributed by atoms with van der Waals surface area (Å²) in [6, 6.07) is 2.83. The second-order valence-electron chi connectivity index (χ2n) is 4.58. The Morgan fingerprint density at radius 1 is 1.11 bits per heavy atom. The standard InChI is InChI=1S/C15H18F2O2/c1-2-3-9-18-12-7-8-13(15(17)14(12)16)19-10-11-5-4-6-11/h5,7-8H,2-4,6,9-10H2,1H3. The van der Waals surface area contributed by atoms with Crippen molar-refractivity contribution in [1.82, 2.24) is 0 Å². The summed E-state index contributed by atoms with van der Waals surface area (Å²) in [5.74, 6) is -2.07. The van der Waals surface area contributed by atoms with Crippen molar-refractivity contribution < 1.29 is 18.3 Å². The number of rotatable bonds is 7. The van der Waals surface area contributed by atoms with E-state index in [4.69, 9.17) is 9.47 Å². The molecule has 0 spiro atoms. The number of hydrogen-bond donors (Lipinski definition) is 0. The Hall–Kier alpha value is -1.58. The van der Waals surface area contributed by atoms with Crippen molar-refractivity contribution in [3.63, 3.8) is 0 Å². The van der Waals surface area contributed by atoms with Crippen LogP contribution in [-0.2, 0) is 0 Å². The molecule has 1 aliphatic rings. The van der Waals surface area contributed by atoms with Crippen molar-refractivity contribution in [2.75, 3.05) is 13.2 Å². The number of benzene rings is 1. The molecule has 4 heteroatoms. The Kier molecular flexibility index (Phi) is 4.77. The third-order valence-electron chi connectivity index (χ3n) is 3.08. The largest absolute Gasteiger partial charge is 0.490 e. The lowest BCUT2D eigenvalue weighted by Gasteiger charge is -2.16. The molecule has 0 heterocycles. The second kappa shape index (κ2) is 6.55. The van der Waals surface area contributed by atoms with Crippen LogP contribution in [-0.4, -0.2) is 13.2 Å². The highest BCUT2D eigenvalue weighted by molar-refractivity contribution is 5.35. The average molecular weight is 268 g/mol. The molecule has 0 amide bonds. The van der Waals surface area contributed by atoms with E-state index in [1.165, 1.54) is 12.1 Å². The molecule has 1 aliphatic carbocycles. The van der Waals surface area contributed by atoms with Crippen LogP contribution in [0.1, 0.15) is 32.6 Å². The molecule has 1 aromatic carbocycles. The first-order valence-corrected chi connectivity index (χ1v) is 6.64. The Labute approximate surface area is 112 Å². The monoisotopic (exact) mass is 268 g/mol. The summed E-state index contributed by atoms with van der Waals surface area (Å²) < 4.78 is 37.9. The van der Waals surface area contributed by atoms with Crippen molar-refractivity contribution in [2.24, 2.45) is 0 Å². The molecule has 2 rings (SSSR count). The van der Waals surface area contributed by atoms with Crippen molar-refractivity contribution in [2.45, 2.75) is 32.6 Å². The van der Waals surface area contributed by atoms with Crippen LogP contribution in [0.25, 0.3) is 0 Å². The highest BCUT2D eigenvalue weighted by atomic mass is 19.2. The first kappa shape index (κ1) is 13.8. The zero-order valence-corrected chi connectivity index (χ0v) is 11.0. The zero-order valence-electron chi connectivity index (χ0n) is 11.0. The summed E-state index contributed by atoms with van der Waals surface area (Å²) in [6.07, 6.45) is 5.81. The van der Waals surface area contributed by atoms with E-state index in [0.717, 1.165) is 31.3 Å². The fourth-order valence-corrected chi connectivity index (χ4v) is 1.71. The fourth-order valence-electron chi connectivity index (χ4n) is 1.71. The molecule has 19 heavy (non-hydrogen) atoms. The van der Waals surface area contributed by atoms with Gasteiger partial charge < -0.3 is 9.47 Å². The van der Waals surface area contributed by atoms with Crippen LogP contribution >= 0.6 is 0 Å². The van der Waals surface area contributed by atoms with Gasteiger partial charge in [0.2, 0.25) is 11.6 Å². The van der Waals surface area contributed by atoms with E-state index in [1.54, 1.807) is 0 Å². The second-order valence-corrected chi connectivity index (χ2v) is 4.58. The molecule has 0 saturated heterocycles. The maximum Gasteiger partial charge on any atom is 0.204 e. The Morgan fingerprint density at radius 2 is 1.74 bits per heavy atom. The number of hydrogen-bond acceptors (Lipinski definition) is 2. The van der Waals surface area contributed by atoms with Gasteiger partial charge in [-0.25, -0.2) is 0 Å². The van der Waals surface area contributed by atoms with Crippen LogP contribution in [0.4, 0.5) is 8.78 Å². The first-order chi connectivity index (χ1) is 9.22. The molecule has 0 aliphatic heterocycles. The third-order valence-corrected chi connectivity index (χ3v) is 3.08. The normalized spacial score (nSPS) is 13.7. The summed E-state index contributed by atoms with van der Waals surface area (Å²) in [6.45, 7) is 2.72. The fraction of sp³-hybridized carbons (Fsp3) is 0.467. The molecule has 2 nitrogen and oxygen atoms in total. The smallest absolute Gasteiger partial charge is 0.204 e. The van der Waals surface area contributed by atoms with Gasteiger partial charge >= 0.3 is 0 Å². The molecule has 0 aromatic heterocycles. The molecule has 0 fully saturated rings. The summed E-state index contributed by atoms with van der Waals surface area (Å²) in [5.41, 5.74) is 1.13. The molecule has 104 valence electrons. The van der Waals surface area contributed by atoms with Gasteiger partial charge in [-0.1, -0.05) is 19.4 Å². The molecule has 0 radical (unpaired) electrons. The van der Waals surface area contributed by atoms with E-state index in [9.17, 15) is 8.78 Å². The van der Waals surface area contributed by atoms with E-state index in [0.29, 0.717) is 13.2 Å². The van der Waals surface area contributed by atoms with E-state index < -0.39 is 11.6 Å². The minimum Gasteiger partial charge on any atom is -0.490 e. The van der Waals surface area contributed by atoms with Crippen LogP contribution in [0.5, 0.6) is 11.5 Å². The molecular formula is C15H18F2O2. The van der Waals surface area contributed by atoms with Gasteiger partial charge in [-0.2, -0.15) is 8.78 Å². The number of halogens is 2. The number of ether oxygens (including phenoxy) is 2. The lowest BCUT2D eigenvalue weighted by atomic mass is 10.0. The van der Waals surface area contributed by atoms with Crippen LogP contribution in [0, 0.1) is 11.6 Å². The van der Waals surface area contributed by atoms with Crippen molar-refractivity contribution in [3.8, 4) is 11.5 Å². The molecule has 0 atom stereocenters. The van der Waals surface area contributed by atoms with Gasteiger partial charge in [-0.05, 0) is 37.0 Å². The van der Waals surface area contributed by atoms with Crippen LogP contribution in [0.2, 0.25) is 0 Å². The van der Waals surface area contributed by atoms with Gasteiger partial charge in [0.25, 0.3) is 0 Å². The van der Waals surface area contributed by atoms with Crippen molar-refractivity contribution in [3.05, 3.63) is 35.4 Å². The quantitative estimate of drug-likeness (QED) is 0.544. The van der Waals surface area contributed by atoms with E-state index in [-0.39, 0.29) is 11.5 Å². The molecule has 1 aromatic rings. The van der Waals surface area contributed by atoms with Crippen LogP contribution < -0.4 is 9.47 Å². The Balaban J connectivity index is 1.99. The van der Waals surface area contributed by atoms with Crippen molar-refractivity contribution >= 4 is 0 Å². The summed E-state index contributed by atoms with van der Waals surface area (Å²) >= 11 is 0. The lowest BCUT2D eigenvalue weighted by Crippen LogP contribution is -2.08. The van der Waals surface area contributed by atoms with Gasteiger partial charge in [0, 0.05) is 0 Å². The minimum absolute atomic E-state index is 0.0545. The van der Waals surface area contributed by atoms with E-state index >= 15 is 0 Å². The van der Waals surface area contributed by atoms with Gasteiger partial charge in [-0.15, -0.1) is 0 Å². The van der Waals surface area contributed by atoms with E-state index in [2.05, 4.69) is 0 Å². The van der Waals surface area contributed by atoms with Gasteiger partial charge in [0.1, 0.15) is 6.61 Å². The molecular weight excluding hydrogens is 250 g/mol. The van der Waals surface area contributed by atoms with Gasteiger partial charge in [0.05, 0.1) is 6.61 Å². The predicted molar refractivity (Wildman–Crippen MR) is 69.6 cm³/mol. The molecule has 0 saturated carbocycles. The Morgan fingerprint density at radius 3 is 2.26 bits per heavy atom. The number of allylic oxidation sites excluding steroid dienone is 1. The predicted octanol–water partition coefficient (Wildman–Crippen LogP) is 4.24. The van der Waals surface area contributed by atoms with Crippen LogP contribution in [0.15, 0.2) is 23.8 Å². The zero-order chi connectivity index (χ0) is 13.7. The summed E-state index contributed by atoms with van der Waals surface area (Å²) in [5, 5.41) is 0. The summed E-state index contributed by atoms with van der Waals surface area (Å²) in [4.78, 5) is 0. The Bertz CT molecular complexity index is 469. The first-order valence-electron chi connectivity index (χ1n) is 6.64. The molecule has 0 unspecified atom stereocenters.